The van der Waals surface area contributed by atoms with E-state index >= 15 is 0 Å². The summed E-state index contributed by atoms with van der Waals surface area (Å²) in [7, 11) is 0. The van der Waals surface area contributed by atoms with E-state index in [0.29, 0.717) is 0 Å². The molecule has 3 nitrogen and oxygen atoms in total. The molecule has 1 aromatic carbocycles. The molecule has 4 heteroatoms. The average Bonchev–Trinajstić information content (AvgIpc) is 2.81. The van der Waals surface area contributed by atoms with Gasteiger partial charge in [-0.15, -0.1) is 0 Å². The van der Waals surface area contributed by atoms with Crippen LogP contribution >= 0.6 is 0 Å². The fraction of sp³-hybridized carbons (Fsp3) is 0.286. The molecule has 3 N–H and O–H groups in total. The molecule has 2 rings (SSSR count). The molecular weight excluding hydrogens is 231 g/mol. The Balaban J connectivity index is 2.07. The first-order valence-corrected chi connectivity index (χ1v) is 5.94. The van der Waals surface area contributed by atoms with E-state index in [4.69, 9.17) is 10.3 Å². The van der Waals surface area contributed by atoms with Crippen molar-refractivity contribution in [1.29, 1.82) is 0 Å². The summed E-state index contributed by atoms with van der Waals surface area (Å²) >= 11 is 0. The van der Waals surface area contributed by atoms with Crippen molar-refractivity contribution in [2.45, 2.75) is 25.8 Å². The second-order valence-corrected chi connectivity index (χ2v) is 4.40. The van der Waals surface area contributed by atoms with Gasteiger partial charge in [0.1, 0.15) is 11.6 Å². The molecule has 2 aromatic rings. The van der Waals surface area contributed by atoms with Crippen molar-refractivity contribution in [3.05, 3.63) is 59.3 Å². The van der Waals surface area contributed by atoms with E-state index in [0.717, 1.165) is 29.7 Å². The molecule has 18 heavy (non-hydrogen) atoms. The Morgan fingerprint density at radius 2 is 2.22 bits per heavy atom. The number of aryl methyl sites for hydroxylation is 2. The van der Waals surface area contributed by atoms with Crippen molar-refractivity contribution >= 4 is 0 Å². The Kier molecular flexibility index (Phi) is 4.12. The van der Waals surface area contributed by atoms with Crippen LogP contribution in [0, 0.1) is 12.7 Å². The van der Waals surface area contributed by atoms with Crippen LogP contribution in [0.25, 0.3) is 0 Å². The van der Waals surface area contributed by atoms with Crippen LogP contribution in [0.5, 0.6) is 0 Å². The summed E-state index contributed by atoms with van der Waals surface area (Å²) in [5.74, 6) is 6.21. The minimum Gasteiger partial charge on any atom is -0.469 e. The monoisotopic (exact) mass is 248 g/mol. The zero-order valence-corrected chi connectivity index (χ0v) is 10.3. The SMILES string of the molecule is Cc1cc(F)cc(C(CCc2ccco2)NN)c1. The minimum atomic E-state index is -0.233. The Morgan fingerprint density at radius 3 is 2.83 bits per heavy atom. The first-order chi connectivity index (χ1) is 8.69. The highest BCUT2D eigenvalue weighted by Gasteiger charge is 2.12. The number of hydrogen-bond donors (Lipinski definition) is 2. The van der Waals surface area contributed by atoms with Gasteiger partial charge in [0.05, 0.1) is 6.26 Å². The van der Waals surface area contributed by atoms with Gasteiger partial charge in [0.2, 0.25) is 0 Å². The van der Waals surface area contributed by atoms with Crippen molar-refractivity contribution in [3.63, 3.8) is 0 Å². The fourth-order valence-electron chi connectivity index (χ4n) is 2.05. The first-order valence-electron chi connectivity index (χ1n) is 5.94. The summed E-state index contributed by atoms with van der Waals surface area (Å²) in [6, 6.07) is 8.65. The van der Waals surface area contributed by atoms with Crippen molar-refractivity contribution in [2.24, 2.45) is 5.84 Å². The number of halogens is 1. The molecule has 1 unspecified atom stereocenters. The van der Waals surface area contributed by atoms with Crippen LogP contribution < -0.4 is 11.3 Å². The molecule has 0 amide bonds. The number of nitrogens with one attached hydrogen (secondary N) is 1. The summed E-state index contributed by atoms with van der Waals surface area (Å²) in [5.41, 5.74) is 4.48. The van der Waals surface area contributed by atoms with Gasteiger partial charge in [-0.3, -0.25) is 11.3 Å². The molecule has 96 valence electrons. The number of benzene rings is 1. The third kappa shape index (κ3) is 3.18. The van der Waals surface area contributed by atoms with Gasteiger partial charge in [-0.05, 0) is 48.7 Å². The quantitative estimate of drug-likeness (QED) is 0.632. The number of furan rings is 1. The summed E-state index contributed by atoms with van der Waals surface area (Å²) in [6.45, 7) is 1.87. The number of hydrazine groups is 1. The second kappa shape index (κ2) is 5.80. The molecule has 0 aliphatic heterocycles. The molecule has 0 radical (unpaired) electrons. The van der Waals surface area contributed by atoms with Gasteiger partial charge in [-0.1, -0.05) is 6.07 Å². The van der Waals surface area contributed by atoms with Crippen molar-refractivity contribution < 1.29 is 8.81 Å². The van der Waals surface area contributed by atoms with Crippen LogP contribution in [-0.4, -0.2) is 0 Å². The molecule has 0 bridgehead atoms. The van der Waals surface area contributed by atoms with Gasteiger partial charge in [-0.2, -0.15) is 0 Å². The van der Waals surface area contributed by atoms with Gasteiger partial charge in [0.15, 0.2) is 0 Å². The number of nitrogens with two attached hydrogens (primary N) is 1. The van der Waals surface area contributed by atoms with Crippen molar-refractivity contribution in [2.75, 3.05) is 0 Å². The van der Waals surface area contributed by atoms with Crippen LogP contribution in [0.4, 0.5) is 4.39 Å². The molecule has 0 saturated heterocycles. The largest absolute Gasteiger partial charge is 0.469 e. The van der Waals surface area contributed by atoms with Crippen LogP contribution in [0.1, 0.15) is 29.3 Å². The van der Waals surface area contributed by atoms with Gasteiger partial charge in [0, 0.05) is 12.5 Å². The summed E-state index contributed by atoms with van der Waals surface area (Å²) < 4.78 is 18.6. The van der Waals surface area contributed by atoms with E-state index in [9.17, 15) is 4.39 Å². The Morgan fingerprint density at radius 1 is 1.39 bits per heavy atom. The van der Waals surface area contributed by atoms with Crippen LogP contribution in [-0.2, 0) is 6.42 Å². The van der Waals surface area contributed by atoms with Gasteiger partial charge in [-0.25, -0.2) is 4.39 Å². The molecule has 0 fully saturated rings. The Labute approximate surface area is 106 Å². The van der Waals surface area contributed by atoms with Gasteiger partial charge >= 0.3 is 0 Å². The molecule has 0 saturated carbocycles. The maximum atomic E-state index is 13.4. The van der Waals surface area contributed by atoms with E-state index in [1.54, 1.807) is 6.26 Å². The lowest BCUT2D eigenvalue weighted by molar-refractivity contribution is 0.457. The smallest absolute Gasteiger partial charge is 0.123 e. The van der Waals surface area contributed by atoms with Crippen molar-refractivity contribution in [3.8, 4) is 0 Å². The Hall–Kier alpha value is -1.65. The predicted octanol–water partition coefficient (Wildman–Crippen LogP) is 2.86. The number of rotatable bonds is 5. The van der Waals surface area contributed by atoms with E-state index < -0.39 is 0 Å². The minimum absolute atomic E-state index is 0.0792. The van der Waals surface area contributed by atoms with Gasteiger partial charge < -0.3 is 4.42 Å². The molecule has 0 aliphatic carbocycles. The lowest BCUT2D eigenvalue weighted by Gasteiger charge is -2.16. The Bertz CT molecular complexity index is 476. The van der Waals surface area contributed by atoms with Crippen LogP contribution in [0.15, 0.2) is 41.0 Å². The van der Waals surface area contributed by atoms with Crippen LogP contribution in [0.2, 0.25) is 0 Å². The highest BCUT2D eigenvalue weighted by atomic mass is 19.1. The second-order valence-electron chi connectivity index (χ2n) is 4.40. The summed E-state index contributed by atoms with van der Waals surface area (Å²) in [5, 5.41) is 0. The molecular formula is C14H17FN2O. The number of hydrogen-bond acceptors (Lipinski definition) is 3. The standard InChI is InChI=1S/C14H17FN2O/c1-10-7-11(9-12(15)8-10)14(17-16)5-4-13-3-2-6-18-13/h2-3,6-9,14,17H,4-5,16H2,1H3. The average molecular weight is 248 g/mol. The first kappa shape index (κ1) is 12.8. The van der Waals surface area contributed by atoms with Crippen LogP contribution in [0.3, 0.4) is 0 Å². The predicted molar refractivity (Wildman–Crippen MR) is 68.2 cm³/mol. The van der Waals surface area contributed by atoms with Crippen molar-refractivity contribution in [1.82, 2.24) is 5.43 Å². The van der Waals surface area contributed by atoms with E-state index in [1.165, 1.54) is 12.1 Å². The normalized spacial score (nSPS) is 12.6. The molecule has 0 spiro atoms. The highest BCUT2D eigenvalue weighted by Crippen LogP contribution is 2.21. The lowest BCUT2D eigenvalue weighted by atomic mass is 10.00. The highest BCUT2D eigenvalue weighted by molar-refractivity contribution is 5.26. The van der Waals surface area contributed by atoms with E-state index in [1.807, 2.05) is 25.1 Å². The van der Waals surface area contributed by atoms with Gasteiger partial charge in [0.25, 0.3) is 0 Å². The molecule has 1 atom stereocenters. The third-order valence-corrected chi connectivity index (χ3v) is 2.93. The molecule has 0 aliphatic rings. The van der Waals surface area contributed by atoms with E-state index in [2.05, 4.69) is 5.43 Å². The molecule has 1 aromatic heterocycles. The lowest BCUT2D eigenvalue weighted by Crippen LogP contribution is -2.28. The van der Waals surface area contributed by atoms with E-state index in [-0.39, 0.29) is 11.9 Å². The summed E-state index contributed by atoms with van der Waals surface area (Å²) in [6.07, 6.45) is 3.16. The zero-order chi connectivity index (χ0) is 13.0. The topological polar surface area (TPSA) is 51.2 Å². The fourth-order valence-corrected chi connectivity index (χ4v) is 2.05. The molecule has 1 heterocycles. The summed E-state index contributed by atoms with van der Waals surface area (Å²) in [4.78, 5) is 0. The third-order valence-electron chi connectivity index (χ3n) is 2.93. The maximum Gasteiger partial charge on any atom is 0.123 e. The zero-order valence-electron chi connectivity index (χ0n) is 10.3. The maximum absolute atomic E-state index is 13.4.